The highest BCUT2D eigenvalue weighted by Gasteiger charge is 2.53. The summed E-state index contributed by atoms with van der Waals surface area (Å²) in [5.41, 5.74) is 0.926. The van der Waals surface area contributed by atoms with Gasteiger partial charge in [-0.1, -0.05) is 23.8 Å². The van der Waals surface area contributed by atoms with Crippen LogP contribution in [0.4, 0.5) is 0 Å². The van der Waals surface area contributed by atoms with Gasteiger partial charge in [-0.2, -0.15) is 8.42 Å². The minimum atomic E-state index is -4.07. The van der Waals surface area contributed by atoms with E-state index < -0.39 is 40.8 Å². The molecule has 0 radical (unpaired) electrons. The van der Waals surface area contributed by atoms with Crippen LogP contribution in [0.3, 0.4) is 0 Å². The maximum atomic E-state index is 12.5. The number of rotatable bonds is 6. The molecule has 2 aliphatic rings. The van der Waals surface area contributed by atoms with Gasteiger partial charge >= 0.3 is 0 Å². The number of fused-ring (bicyclic) bond motifs is 2. The van der Waals surface area contributed by atoms with E-state index in [2.05, 4.69) is 6.58 Å². The molecule has 2 bridgehead atoms. The van der Waals surface area contributed by atoms with Crippen LogP contribution in [-0.4, -0.2) is 57.4 Å². The van der Waals surface area contributed by atoms with Crippen molar-refractivity contribution in [2.45, 2.75) is 42.5 Å². The first-order valence-corrected chi connectivity index (χ1v) is 9.01. The molecule has 1 N–H and O–H groups in total. The quantitative estimate of drug-likeness (QED) is 0.594. The number of ether oxygens (including phenoxy) is 3. The number of hydrogen-bond donors (Lipinski definition) is 1. The molecule has 0 unspecified atom stereocenters. The third-order valence-electron chi connectivity index (χ3n) is 4.00. The third kappa shape index (κ3) is 3.39. The first-order chi connectivity index (χ1) is 11.4. The summed E-state index contributed by atoms with van der Waals surface area (Å²) in [4.78, 5) is 0.00369. The van der Waals surface area contributed by atoms with Crippen LogP contribution in [0.25, 0.3) is 0 Å². The van der Waals surface area contributed by atoms with Crippen LogP contribution in [0.1, 0.15) is 5.56 Å². The van der Waals surface area contributed by atoms with Crippen molar-refractivity contribution in [3.8, 4) is 0 Å². The van der Waals surface area contributed by atoms with Crippen molar-refractivity contribution in [3.63, 3.8) is 0 Å². The smallest absolute Gasteiger partial charge is 0.297 e. The minimum Gasteiger partial charge on any atom is -0.387 e. The Labute approximate surface area is 140 Å². The van der Waals surface area contributed by atoms with Gasteiger partial charge in [-0.15, -0.1) is 6.58 Å². The van der Waals surface area contributed by atoms with Crippen molar-refractivity contribution in [3.05, 3.63) is 42.5 Å². The molecule has 24 heavy (non-hydrogen) atoms. The zero-order chi connectivity index (χ0) is 17.3. The molecule has 5 atom stereocenters. The van der Waals surface area contributed by atoms with E-state index in [9.17, 15) is 13.5 Å². The molecule has 3 rings (SSSR count). The summed E-state index contributed by atoms with van der Waals surface area (Å²) in [5, 5.41) is 10.5. The molecular weight excluding hydrogens is 336 g/mol. The van der Waals surface area contributed by atoms with Crippen LogP contribution in [0.2, 0.25) is 0 Å². The Kier molecular flexibility index (Phi) is 5.05. The first kappa shape index (κ1) is 17.5. The summed E-state index contributed by atoms with van der Waals surface area (Å²) in [7, 11) is -4.07. The summed E-state index contributed by atoms with van der Waals surface area (Å²) < 4.78 is 46.6. The molecule has 0 spiro atoms. The highest BCUT2D eigenvalue weighted by atomic mass is 32.2. The van der Waals surface area contributed by atoms with Crippen molar-refractivity contribution >= 4 is 10.1 Å². The number of aliphatic hydroxyl groups excluding tert-OH is 1. The predicted molar refractivity (Wildman–Crippen MR) is 83.8 cm³/mol. The van der Waals surface area contributed by atoms with Crippen LogP contribution >= 0.6 is 0 Å². The highest BCUT2D eigenvalue weighted by molar-refractivity contribution is 7.86. The lowest BCUT2D eigenvalue weighted by molar-refractivity contribution is -0.228. The fraction of sp³-hybridized carbons (Fsp3) is 0.500. The van der Waals surface area contributed by atoms with E-state index in [0.717, 1.165) is 5.56 Å². The Balaban J connectivity index is 1.79. The number of aryl methyl sites for hydroxylation is 1. The van der Waals surface area contributed by atoms with Gasteiger partial charge in [0, 0.05) is 0 Å². The highest BCUT2D eigenvalue weighted by Crippen LogP contribution is 2.33. The van der Waals surface area contributed by atoms with Gasteiger partial charge in [0.25, 0.3) is 10.1 Å². The summed E-state index contributed by atoms with van der Waals surface area (Å²) in [5.74, 6) is 0. The van der Waals surface area contributed by atoms with Crippen molar-refractivity contribution in [1.82, 2.24) is 0 Å². The zero-order valence-electron chi connectivity index (χ0n) is 13.2. The topological polar surface area (TPSA) is 91.3 Å². The minimum absolute atomic E-state index is 0.00369. The van der Waals surface area contributed by atoms with E-state index >= 15 is 0 Å². The van der Waals surface area contributed by atoms with Crippen LogP contribution in [-0.2, 0) is 28.5 Å². The third-order valence-corrected chi connectivity index (χ3v) is 5.32. The van der Waals surface area contributed by atoms with E-state index in [-0.39, 0.29) is 18.1 Å². The van der Waals surface area contributed by atoms with E-state index in [1.54, 1.807) is 12.1 Å². The Morgan fingerprint density at radius 1 is 1.33 bits per heavy atom. The molecule has 132 valence electrons. The van der Waals surface area contributed by atoms with Crippen molar-refractivity contribution in [1.29, 1.82) is 0 Å². The average molecular weight is 356 g/mol. The number of hydrogen-bond acceptors (Lipinski definition) is 7. The molecule has 1 aromatic carbocycles. The van der Waals surface area contributed by atoms with Crippen LogP contribution in [0, 0.1) is 6.92 Å². The standard InChI is InChI=1S/C16H20O7S/c1-3-8-20-14-12-9-21-16(22-12)15(13(14)17)23-24(18,19)11-6-4-10(2)5-7-11/h3-7,12-17H,1,8-9H2,2H3/t12-,13+,14-,15-,16-/m1/s1. The molecule has 7 nitrogen and oxygen atoms in total. The van der Waals surface area contributed by atoms with Gasteiger partial charge in [-0.05, 0) is 19.1 Å². The fourth-order valence-corrected chi connectivity index (χ4v) is 3.82. The van der Waals surface area contributed by atoms with E-state index in [1.165, 1.54) is 18.2 Å². The lowest BCUT2D eigenvalue weighted by Crippen LogP contribution is -2.56. The molecule has 0 aliphatic carbocycles. The van der Waals surface area contributed by atoms with Gasteiger partial charge < -0.3 is 19.3 Å². The summed E-state index contributed by atoms with van der Waals surface area (Å²) in [6, 6.07) is 6.24. The van der Waals surface area contributed by atoms with Crippen molar-refractivity contribution in [2.75, 3.05) is 13.2 Å². The van der Waals surface area contributed by atoms with Gasteiger partial charge in [0.1, 0.15) is 18.3 Å². The molecule has 0 amide bonds. The van der Waals surface area contributed by atoms with Gasteiger partial charge in [0.15, 0.2) is 12.4 Å². The molecule has 8 heteroatoms. The number of benzene rings is 1. The van der Waals surface area contributed by atoms with E-state index in [1.807, 2.05) is 6.92 Å². The molecule has 2 fully saturated rings. The summed E-state index contributed by atoms with van der Waals surface area (Å²) in [6.45, 7) is 5.80. The average Bonchev–Trinajstić information content (AvgIpc) is 2.98. The normalized spacial score (nSPS) is 32.7. The molecule has 2 saturated heterocycles. The largest absolute Gasteiger partial charge is 0.387 e. The van der Waals surface area contributed by atoms with Gasteiger partial charge in [0.05, 0.1) is 18.1 Å². The fourth-order valence-electron chi connectivity index (χ4n) is 2.75. The van der Waals surface area contributed by atoms with Crippen molar-refractivity contribution < 1.29 is 31.9 Å². The lowest BCUT2D eigenvalue weighted by atomic mass is 10.0. The molecule has 0 aromatic heterocycles. The second-order valence-electron chi connectivity index (χ2n) is 5.78. The maximum Gasteiger partial charge on any atom is 0.297 e. The van der Waals surface area contributed by atoms with Gasteiger partial charge in [0.2, 0.25) is 0 Å². The monoisotopic (exact) mass is 356 g/mol. The Morgan fingerprint density at radius 3 is 2.71 bits per heavy atom. The molecule has 1 aromatic rings. The Bertz CT molecular complexity index is 685. The lowest BCUT2D eigenvalue weighted by Gasteiger charge is -2.37. The van der Waals surface area contributed by atoms with Crippen molar-refractivity contribution in [2.24, 2.45) is 0 Å². The van der Waals surface area contributed by atoms with Gasteiger partial charge in [-0.3, -0.25) is 4.18 Å². The van der Waals surface area contributed by atoms with Gasteiger partial charge in [-0.25, -0.2) is 0 Å². The van der Waals surface area contributed by atoms with E-state index in [4.69, 9.17) is 18.4 Å². The Morgan fingerprint density at radius 2 is 2.04 bits per heavy atom. The summed E-state index contributed by atoms with van der Waals surface area (Å²) >= 11 is 0. The maximum absolute atomic E-state index is 12.5. The predicted octanol–water partition coefficient (Wildman–Crippen LogP) is 0.756. The molecule has 2 heterocycles. The van der Waals surface area contributed by atoms with Crippen LogP contribution < -0.4 is 0 Å². The molecule has 0 saturated carbocycles. The first-order valence-electron chi connectivity index (χ1n) is 7.60. The molecule has 2 aliphatic heterocycles. The van der Waals surface area contributed by atoms with Crippen LogP contribution in [0.15, 0.2) is 41.8 Å². The second kappa shape index (κ2) is 6.91. The Hall–Kier alpha value is -1.29. The molecular formula is C16H20O7S. The summed E-state index contributed by atoms with van der Waals surface area (Å²) in [6.07, 6.45) is -3.03. The number of aliphatic hydroxyl groups is 1. The SMILES string of the molecule is C=CCO[C@H]1[C@H](O)[C@@H](OS(=O)(=O)c2ccc(C)cc2)[C@@H]2OC[C@H]1O2. The van der Waals surface area contributed by atoms with E-state index in [0.29, 0.717) is 0 Å². The van der Waals surface area contributed by atoms with Crippen LogP contribution in [0.5, 0.6) is 0 Å². The second-order valence-corrected chi connectivity index (χ2v) is 7.35. The zero-order valence-corrected chi connectivity index (χ0v) is 14.0.